The summed E-state index contributed by atoms with van der Waals surface area (Å²) in [5.41, 5.74) is 2.31. The van der Waals surface area contributed by atoms with Crippen LogP contribution in [0.25, 0.3) is 0 Å². The zero-order valence-electron chi connectivity index (χ0n) is 10.8. The molecule has 0 aromatic heterocycles. The number of ether oxygens (including phenoxy) is 1. The molecular formula is C16H17NO2. The van der Waals surface area contributed by atoms with E-state index in [1.165, 1.54) is 5.57 Å². The van der Waals surface area contributed by atoms with Gasteiger partial charge in [-0.3, -0.25) is 4.79 Å². The fourth-order valence-electron chi connectivity index (χ4n) is 3.90. The number of fused-ring (bicyclic) bond motifs is 3. The van der Waals surface area contributed by atoms with Gasteiger partial charge >= 0.3 is 0 Å². The quantitative estimate of drug-likeness (QED) is 0.722. The van der Waals surface area contributed by atoms with Crippen LogP contribution >= 0.6 is 0 Å². The molecule has 3 heteroatoms. The van der Waals surface area contributed by atoms with E-state index in [1.54, 1.807) is 0 Å². The van der Waals surface area contributed by atoms with Crippen molar-refractivity contribution in [2.45, 2.75) is 25.1 Å². The highest BCUT2D eigenvalue weighted by molar-refractivity contribution is 5.84. The van der Waals surface area contributed by atoms with Crippen molar-refractivity contribution < 1.29 is 9.53 Å². The number of carbonyl (C=O) groups excluding carboxylic acids is 1. The van der Waals surface area contributed by atoms with Gasteiger partial charge < -0.3 is 9.64 Å². The molecule has 19 heavy (non-hydrogen) atoms. The zero-order valence-corrected chi connectivity index (χ0v) is 10.8. The van der Waals surface area contributed by atoms with Gasteiger partial charge in [0.25, 0.3) is 0 Å². The minimum absolute atomic E-state index is 0.160. The third-order valence-electron chi connectivity index (χ3n) is 4.74. The van der Waals surface area contributed by atoms with Gasteiger partial charge in [0.15, 0.2) is 6.23 Å². The van der Waals surface area contributed by atoms with Crippen LogP contribution in [0.2, 0.25) is 0 Å². The Bertz CT molecular complexity index is 539. The summed E-state index contributed by atoms with van der Waals surface area (Å²) in [7, 11) is 0. The molecule has 98 valence electrons. The van der Waals surface area contributed by atoms with Crippen LogP contribution in [0, 0.1) is 11.8 Å². The largest absolute Gasteiger partial charge is 0.352 e. The average molecular weight is 255 g/mol. The first-order valence-corrected chi connectivity index (χ1v) is 6.91. The number of rotatable bonds is 1. The van der Waals surface area contributed by atoms with E-state index in [-0.39, 0.29) is 24.1 Å². The number of benzene rings is 1. The van der Waals surface area contributed by atoms with E-state index >= 15 is 0 Å². The maximum absolute atomic E-state index is 12.6. The lowest BCUT2D eigenvalue weighted by molar-refractivity contribution is -0.137. The molecule has 2 saturated heterocycles. The fourth-order valence-corrected chi connectivity index (χ4v) is 3.90. The van der Waals surface area contributed by atoms with E-state index in [9.17, 15) is 4.79 Å². The van der Waals surface area contributed by atoms with E-state index in [1.807, 2.05) is 35.2 Å². The summed E-state index contributed by atoms with van der Waals surface area (Å²) in [5, 5.41) is 0. The van der Waals surface area contributed by atoms with E-state index in [0.717, 1.165) is 18.4 Å². The predicted molar refractivity (Wildman–Crippen MR) is 71.1 cm³/mol. The second kappa shape index (κ2) is 3.94. The Morgan fingerprint density at radius 1 is 1.21 bits per heavy atom. The molecule has 0 spiro atoms. The first-order valence-electron chi connectivity index (χ1n) is 6.91. The molecule has 2 heterocycles. The van der Waals surface area contributed by atoms with Gasteiger partial charge in [-0.25, -0.2) is 0 Å². The minimum atomic E-state index is -0.183. The van der Waals surface area contributed by atoms with E-state index in [4.69, 9.17) is 4.74 Å². The number of hydrogen-bond donors (Lipinski definition) is 0. The highest BCUT2D eigenvalue weighted by Crippen LogP contribution is 2.50. The van der Waals surface area contributed by atoms with Crippen LogP contribution in [0.15, 0.2) is 42.5 Å². The van der Waals surface area contributed by atoms with E-state index in [2.05, 4.69) is 6.58 Å². The lowest BCUT2D eigenvalue weighted by Gasteiger charge is -2.24. The molecular weight excluding hydrogens is 238 g/mol. The molecule has 0 radical (unpaired) electrons. The Morgan fingerprint density at radius 3 is 2.79 bits per heavy atom. The van der Waals surface area contributed by atoms with Gasteiger partial charge in [-0.1, -0.05) is 42.5 Å². The maximum Gasteiger partial charge on any atom is 0.229 e. The number of allylic oxidation sites excluding steroid dienone is 1. The molecule has 0 unspecified atom stereocenters. The third kappa shape index (κ3) is 1.51. The van der Waals surface area contributed by atoms with Crippen LogP contribution in [-0.2, 0) is 9.53 Å². The molecule has 2 aliphatic heterocycles. The summed E-state index contributed by atoms with van der Waals surface area (Å²) >= 11 is 0. The van der Waals surface area contributed by atoms with Crippen LogP contribution in [0.5, 0.6) is 0 Å². The smallest absolute Gasteiger partial charge is 0.229 e. The summed E-state index contributed by atoms with van der Waals surface area (Å²) in [5.74, 6) is 0.848. The van der Waals surface area contributed by atoms with Crippen LogP contribution in [0.3, 0.4) is 0 Å². The van der Waals surface area contributed by atoms with Crippen molar-refractivity contribution in [2.24, 2.45) is 11.8 Å². The van der Waals surface area contributed by atoms with Crippen molar-refractivity contribution in [3.05, 3.63) is 48.0 Å². The predicted octanol–water partition coefficient (Wildman–Crippen LogP) is 2.51. The summed E-state index contributed by atoms with van der Waals surface area (Å²) < 4.78 is 5.90. The molecule has 4 atom stereocenters. The van der Waals surface area contributed by atoms with Crippen LogP contribution in [0.4, 0.5) is 0 Å². The number of carbonyl (C=O) groups is 1. The Morgan fingerprint density at radius 2 is 2.00 bits per heavy atom. The molecule has 0 bridgehead atoms. The van der Waals surface area contributed by atoms with Crippen molar-refractivity contribution in [2.75, 3.05) is 6.61 Å². The number of hydrogen-bond acceptors (Lipinski definition) is 2. The van der Waals surface area contributed by atoms with Gasteiger partial charge in [0.05, 0.1) is 12.6 Å². The molecule has 3 nitrogen and oxygen atoms in total. The van der Waals surface area contributed by atoms with E-state index in [0.29, 0.717) is 12.5 Å². The molecule has 1 aliphatic carbocycles. The van der Waals surface area contributed by atoms with Crippen molar-refractivity contribution in [3.8, 4) is 0 Å². The van der Waals surface area contributed by atoms with Crippen molar-refractivity contribution in [1.29, 1.82) is 0 Å². The van der Waals surface area contributed by atoms with Gasteiger partial charge in [-0.15, -0.1) is 0 Å². The third-order valence-corrected chi connectivity index (χ3v) is 4.74. The van der Waals surface area contributed by atoms with Gasteiger partial charge in [0, 0.05) is 11.5 Å². The minimum Gasteiger partial charge on any atom is -0.352 e. The molecule has 4 rings (SSSR count). The molecule has 3 aliphatic rings. The maximum atomic E-state index is 12.6. The summed E-state index contributed by atoms with van der Waals surface area (Å²) in [6.07, 6.45) is 1.68. The summed E-state index contributed by atoms with van der Waals surface area (Å²) in [4.78, 5) is 14.6. The standard InChI is InChI=1S/C16H17NO2/c1-10-7-12-13(8-10)15(18)17-14(12)9-19-16(17)11-5-3-2-4-6-11/h2-6,12-14,16H,1,7-9H2/t12-,13+,14+,16-/m0/s1. The topological polar surface area (TPSA) is 29.5 Å². The SMILES string of the molecule is C=C1C[C@@H]2[C@H]3CO[C@@H](c4ccccc4)N3C(=O)[C@@H]2C1. The van der Waals surface area contributed by atoms with Gasteiger partial charge in [-0.05, 0) is 18.8 Å². The lowest BCUT2D eigenvalue weighted by atomic mass is 9.94. The van der Waals surface area contributed by atoms with Gasteiger partial charge in [0.2, 0.25) is 5.91 Å². The van der Waals surface area contributed by atoms with E-state index < -0.39 is 0 Å². The van der Waals surface area contributed by atoms with Crippen molar-refractivity contribution in [1.82, 2.24) is 4.90 Å². The summed E-state index contributed by atoms with van der Waals surface area (Å²) in [6, 6.07) is 10.3. The molecule has 1 aromatic rings. The monoisotopic (exact) mass is 255 g/mol. The fraction of sp³-hybridized carbons (Fsp3) is 0.438. The Kier molecular flexibility index (Phi) is 2.33. The van der Waals surface area contributed by atoms with Crippen LogP contribution < -0.4 is 0 Å². The highest BCUT2D eigenvalue weighted by Gasteiger charge is 2.56. The normalized spacial score (nSPS) is 36.7. The highest BCUT2D eigenvalue weighted by atomic mass is 16.5. The number of amides is 1. The molecule has 1 saturated carbocycles. The molecule has 3 fully saturated rings. The van der Waals surface area contributed by atoms with Crippen molar-refractivity contribution in [3.63, 3.8) is 0 Å². The van der Waals surface area contributed by atoms with Crippen LogP contribution in [0.1, 0.15) is 24.6 Å². The first-order chi connectivity index (χ1) is 9.25. The molecule has 1 amide bonds. The second-order valence-electron chi connectivity index (χ2n) is 5.84. The van der Waals surface area contributed by atoms with Gasteiger partial charge in [0.1, 0.15) is 0 Å². The van der Waals surface area contributed by atoms with Crippen LogP contribution in [-0.4, -0.2) is 23.5 Å². The zero-order chi connectivity index (χ0) is 13.0. The number of nitrogens with zero attached hydrogens (tertiary/aromatic N) is 1. The Hall–Kier alpha value is -1.61. The Balaban J connectivity index is 1.67. The lowest BCUT2D eigenvalue weighted by Crippen LogP contribution is -2.33. The summed E-state index contributed by atoms with van der Waals surface area (Å²) in [6.45, 7) is 4.72. The first kappa shape index (κ1) is 11.2. The Labute approximate surface area is 112 Å². The average Bonchev–Trinajstić information content (AvgIpc) is 3.06. The molecule has 0 N–H and O–H groups in total. The second-order valence-corrected chi connectivity index (χ2v) is 5.84. The molecule has 1 aromatic carbocycles. The van der Waals surface area contributed by atoms with Crippen molar-refractivity contribution >= 4 is 5.91 Å². The van der Waals surface area contributed by atoms with Gasteiger partial charge in [-0.2, -0.15) is 0 Å².